The minimum atomic E-state index is -1.85. The normalized spacial score (nSPS) is 23.1. The van der Waals surface area contributed by atoms with E-state index >= 15 is 4.39 Å². The Balaban J connectivity index is 1.92. The summed E-state index contributed by atoms with van der Waals surface area (Å²) in [7, 11) is 0. The predicted octanol–water partition coefficient (Wildman–Crippen LogP) is 3.63. The molecule has 10 heteroatoms. The van der Waals surface area contributed by atoms with Crippen LogP contribution in [-0.4, -0.2) is 48.9 Å². The Morgan fingerprint density at radius 3 is 2.75 bits per heavy atom. The molecular formula is C18H22ClFN4O4. The highest BCUT2D eigenvalue weighted by atomic mass is 35.5. The first-order valence-corrected chi connectivity index (χ1v) is 9.21. The van der Waals surface area contributed by atoms with Crippen LogP contribution in [0, 0.1) is 5.41 Å². The molecule has 3 rings (SSSR count). The van der Waals surface area contributed by atoms with Crippen molar-refractivity contribution in [3.8, 4) is 11.4 Å². The maximum atomic E-state index is 15.9. The smallest absolute Gasteiger partial charge is 0.407 e. The fourth-order valence-electron chi connectivity index (χ4n) is 3.52. The number of aliphatic hydroxyl groups is 1. The van der Waals surface area contributed by atoms with Crippen LogP contribution < -0.4 is 0 Å². The molecule has 1 amide bonds. The molecule has 1 aliphatic rings. The van der Waals surface area contributed by atoms with Gasteiger partial charge in [0.2, 0.25) is 5.82 Å². The van der Waals surface area contributed by atoms with Crippen LogP contribution >= 0.6 is 11.6 Å². The third kappa shape index (κ3) is 3.81. The van der Waals surface area contributed by atoms with Gasteiger partial charge in [-0.05, 0) is 11.5 Å². The van der Waals surface area contributed by atoms with Gasteiger partial charge >= 0.3 is 6.09 Å². The molecule has 2 unspecified atom stereocenters. The highest BCUT2D eigenvalue weighted by molar-refractivity contribution is 6.31. The third-order valence-electron chi connectivity index (χ3n) is 5.01. The Kier molecular flexibility index (Phi) is 5.33. The second kappa shape index (κ2) is 7.29. The monoisotopic (exact) mass is 412 g/mol. The van der Waals surface area contributed by atoms with E-state index in [1.54, 1.807) is 0 Å². The van der Waals surface area contributed by atoms with Gasteiger partial charge in [0.15, 0.2) is 5.67 Å². The van der Waals surface area contributed by atoms with Crippen molar-refractivity contribution in [2.75, 3.05) is 6.54 Å². The molecule has 0 aliphatic carbocycles. The second-order valence-corrected chi connectivity index (χ2v) is 8.41. The van der Waals surface area contributed by atoms with Crippen molar-refractivity contribution in [1.82, 2.24) is 20.0 Å². The molecule has 1 fully saturated rings. The fourth-order valence-corrected chi connectivity index (χ4v) is 3.85. The number of alkyl halides is 1. The maximum Gasteiger partial charge on any atom is 0.407 e. The van der Waals surface area contributed by atoms with Crippen molar-refractivity contribution in [3.05, 3.63) is 28.9 Å². The van der Waals surface area contributed by atoms with Crippen molar-refractivity contribution in [3.63, 3.8) is 0 Å². The highest BCUT2D eigenvalue weighted by Crippen LogP contribution is 2.46. The van der Waals surface area contributed by atoms with Crippen LogP contribution in [0.25, 0.3) is 11.4 Å². The van der Waals surface area contributed by atoms with Crippen LogP contribution in [0.4, 0.5) is 9.18 Å². The van der Waals surface area contributed by atoms with Crippen LogP contribution in [-0.2, 0) is 12.3 Å². The molecule has 2 N–H and O–H groups in total. The summed E-state index contributed by atoms with van der Waals surface area (Å²) in [4.78, 5) is 21.1. The van der Waals surface area contributed by atoms with Gasteiger partial charge in [0.1, 0.15) is 6.61 Å². The molecule has 0 aromatic carbocycles. The van der Waals surface area contributed by atoms with Gasteiger partial charge in [0.25, 0.3) is 5.89 Å². The third-order valence-corrected chi connectivity index (χ3v) is 5.30. The average Bonchev–Trinajstić information content (AvgIpc) is 3.09. The van der Waals surface area contributed by atoms with Gasteiger partial charge in [-0.15, -0.1) is 0 Å². The van der Waals surface area contributed by atoms with Crippen LogP contribution in [0.2, 0.25) is 5.02 Å². The number of carbonyl (C=O) groups is 1. The molecule has 8 nitrogen and oxygen atoms in total. The zero-order chi connectivity index (χ0) is 20.7. The number of carboxylic acid groups (broad SMARTS) is 1. The van der Waals surface area contributed by atoms with Crippen LogP contribution in [0.1, 0.15) is 45.2 Å². The summed E-state index contributed by atoms with van der Waals surface area (Å²) in [6.45, 7) is 5.30. The van der Waals surface area contributed by atoms with Crippen molar-refractivity contribution in [2.24, 2.45) is 5.41 Å². The van der Waals surface area contributed by atoms with E-state index in [2.05, 4.69) is 15.1 Å². The largest absolute Gasteiger partial charge is 0.465 e. The van der Waals surface area contributed by atoms with E-state index in [9.17, 15) is 9.90 Å². The van der Waals surface area contributed by atoms with Gasteiger partial charge in [0.05, 0.1) is 10.7 Å². The Hall–Kier alpha value is -2.26. The molecule has 1 aliphatic heterocycles. The number of nitrogens with zero attached hydrogens (tertiary/aromatic N) is 4. The molecule has 28 heavy (non-hydrogen) atoms. The molecule has 2 aromatic rings. The summed E-state index contributed by atoms with van der Waals surface area (Å²) in [6, 6.07) is 0.970. The summed E-state index contributed by atoms with van der Waals surface area (Å²) >= 11 is 6.34. The number of hydrogen-bond donors (Lipinski definition) is 2. The number of likely N-dealkylation sites (tertiary alicyclic amines) is 1. The van der Waals surface area contributed by atoms with E-state index < -0.39 is 29.8 Å². The molecule has 3 heterocycles. The van der Waals surface area contributed by atoms with Gasteiger partial charge in [-0.2, -0.15) is 4.98 Å². The van der Waals surface area contributed by atoms with Gasteiger partial charge < -0.3 is 19.6 Å². The van der Waals surface area contributed by atoms with Crippen LogP contribution in [0.15, 0.2) is 16.8 Å². The lowest BCUT2D eigenvalue weighted by Crippen LogP contribution is -2.55. The lowest BCUT2D eigenvalue weighted by Gasteiger charge is -2.46. The molecule has 0 radical (unpaired) electrons. The molecule has 0 spiro atoms. The van der Waals surface area contributed by atoms with Gasteiger partial charge in [-0.25, -0.2) is 9.18 Å². The van der Waals surface area contributed by atoms with E-state index in [-0.39, 0.29) is 41.8 Å². The topological polar surface area (TPSA) is 113 Å². The Morgan fingerprint density at radius 1 is 1.50 bits per heavy atom. The second-order valence-electron chi connectivity index (χ2n) is 8.00. The standard InChI is InChI=1S/C18H22ClFN4O4/c1-17(2,3)12-7-18(20,4-5-24(12)16(26)27)14-11(19)6-10(8-21-14)15-22-13(9-25)28-23-15/h6,8,12,25H,4-5,7,9H2,1-3H3,(H,26,27). The predicted molar refractivity (Wildman–Crippen MR) is 98.5 cm³/mol. The molecule has 0 bridgehead atoms. The molecule has 152 valence electrons. The maximum absolute atomic E-state index is 15.9. The summed E-state index contributed by atoms with van der Waals surface area (Å²) in [5, 5.41) is 22.3. The van der Waals surface area contributed by atoms with E-state index in [4.69, 9.17) is 21.2 Å². The van der Waals surface area contributed by atoms with Gasteiger partial charge in [0, 0.05) is 37.2 Å². The van der Waals surface area contributed by atoms with E-state index in [1.807, 2.05) is 20.8 Å². The lowest BCUT2D eigenvalue weighted by atomic mass is 9.74. The van der Waals surface area contributed by atoms with Crippen molar-refractivity contribution in [2.45, 2.75) is 51.9 Å². The van der Waals surface area contributed by atoms with Gasteiger partial charge in [-0.3, -0.25) is 4.98 Å². The molecule has 1 saturated heterocycles. The SMILES string of the molecule is CC(C)(C)C1CC(F)(c2ncc(-c3noc(CO)n3)cc2Cl)CCN1C(=O)O. The van der Waals surface area contributed by atoms with Crippen molar-refractivity contribution < 1.29 is 23.9 Å². The van der Waals surface area contributed by atoms with E-state index in [1.165, 1.54) is 17.2 Å². The number of amides is 1. The molecule has 2 aromatic heterocycles. The molecular weight excluding hydrogens is 391 g/mol. The minimum absolute atomic E-state index is 0.0329. The fraction of sp³-hybridized carbons (Fsp3) is 0.556. The quantitative estimate of drug-likeness (QED) is 0.791. The molecule has 2 atom stereocenters. The Bertz CT molecular complexity index is 885. The number of rotatable bonds is 3. The first kappa shape index (κ1) is 20.5. The zero-order valence-electron chi connectivity index (χ0n) is 15.8. The van der Waals surface area contributed by atoms with Crippen molar-refractivity contribution in [1.29, 1.82) is 0 Å². The first-order chi connectivity index (χ1) is 13.0. The number of aromatic nitrogens is 3. The average molecular weight is 413 g/mol. The van der Waals surface area contributed by atoms with Crippen LogP contribution in [0.3, 0.4) is 0 Å². The zero-order valence-corrected chi connectivity index (χ0v) is 16.6. The van der Waals surface area contributed by atoms with Crippen molar-refractivity contribution >= 4 is 17.7 Å². The number of pyridine rings is 1. The van der Waals surface area contributed by atoms with Crippen LogP contribution in [0.5, 0.6) is 0 Å². The highest BCUT2D eigenvalue weighted by Gasteiger charge is 2.48. The summed E-state index contributed by atoms with van der Waals surface area (Å²) in [5.74, 6) is 0.234. The number of hydrogen-bond acceptors (Lipinski definition) is 6. The van der Waals surface area contributed by atoms with E-state index in [0.29, 0.717) is 5.56 Å². The number of aliphatic hydroxyl groups excluding tert-OH is 1. The van der Waals surface area contributed by atoms with E-state index in [0.717, 1.165) is 0 Å². The summed E-state index contributed by atoms with van der Waals surface area (Å²) in [5.41, 5.74) is -1.81. The summed E-state index contributed by atoms with van der Waals surface area (Å²) < 4.78 is 20.8. The number of halogens is 2. The minimum Gasteiger partial charge on any atom is -0.465 e. The Labute approximate surface area is 166 Å². The number of piperidine rings is 1. The molecule has 0 saturated carbocycles. The Morgan fingerprint density at radius 2 is 2.21 bits per heavy atom. The van der Waals surface area contributed by atoms with Gasteiger partial charge in [-0.1, -0.05) is 37.5 Å². The summed E-state index contributed by atoms with van der Waals surface area (Å²) in [6.07, 6.45) is 0.262. The lowest BCUT2D eigenvalue weighted by molar-refractivity contribution is -0.0197. The first-order valence-electron chi connectivity index (χ1n) is 8.83.